The fraction of sp³-hybridized carbons (Fsp3) is 0.273. The Labute approximate surface area is 180 Å². The average Bonchev–Trinajstić information content (AvgIpc) is 3.14. The van der Waals surface area contributed by atoms with Gasteiger partial charge in [0.25, 0.3) is 5.91 Å². The van der Waals surface area contributed by atoms with Gasteiger partial charge in [-0.2, -0.15) is 4.31 Å². The largest absolute Gasteiger partial charge is 0.450 e. The highest BCUT2D eigenvalue weighted by molar-refractivity contribution is 7.89. The highest BCUT2D eigenvalue weighted by Crippen LogP contribution is 2.25. The molecule has 0 atom stereocenters. The summed E-state index contributed by atoms with van der Waals surface area (Å²) in [5.41, 5.74) is 1.24. The molecule has 2 aromatic carbocycles. The third-order valence-corrected chi connectivity index (χ3v) is 7.24. The van der Waals surface area contributed by atoms with E-state index in [2.05, 4.69) is 0 Å². The van der Waals surface area contributed by atoms with Gasteiger partial charge < -0.3 is 14.1 Å². The first kappa shape index (κ1) is 21.1. The number of para-hydroxylation sites is 1. The second kappa shape index (κ2) is 8.52. The number of fused-ring (bicyclic) bond motifs is 1. The highest BCUT2D eigenvalue weighted by Gasteiger charge is 2.30. The number of carbonyl (C=O) groups excluding carboxylic acids is 2. The molecule has 0 N–H and O–H groups in total. The number of benzene rings is 2. The molecule has 0 aliphatic carbocycles. The van der Waals surface area contributed by atoms with E-state index in [9.17, 15) is 18.0 Å². The van der Waals surface area contributed by atoms with Crippen molar-refractivity contribution in [3.05, 3.63) is 65.9 Å². The Morgan fingerprint density at radius 1 is 0.968 bits per heavy atom. The number of furan rings is 1. The third-order valence-electron chi connectivity index (χ3n) is 5.33. The molecule has 0 spiro atoms. The first-order chi connectivity index (χ1) is 14.9. The zero-order chi connectivity index (χ0) is 22.0. The zero-order valence-corrected chi connectivity index (χ0v) is 17.8. The zero-order valence-electron chi connectivity index (χ0n) is 17.0. The quantitative estimate of drug-likeness (QED) is 0.563. The molecule has 8 nitrogen and oxygen atoms in total. The van der Waals surface area contributed by atoms with Crippen LogP contribution in [0.3, 0.4) is 0 Å². The van der Waals surface area contributed by atoms with Crippen molar-refractivity contribution in [2.45, 2.75) is 11.8 Å². The number of hydrogen-bond donors (Lipinski definition) is 0. The van der Waals surface area contributed by atoms with Gasteiger partial charge in [0, 0.05) is 37.1 Å². The maximum atomic E-state index is 12.7. The molecule has 1 saturated heterocycles. The number of piperazine rings is 1. The molecule has 1 aliphatic heterocycles. The molecular weight excluding hydrogens is 420 g/mol. The van der Waals surface area contributed by atoms with E-state index in [-0.39, 0.29) is 42.7 Å². The molecule has 1 aromatic heterocycles. The van der Waals surface area contributed by atoms with Crippen molar-refractivity contribution >= 4 is 32.9 Å². The summed E-state index contributed by atoms with van der Waals surface area (Å²) >= 11 is 0. The van der Waals surface area contributed by atoms with Crippen molar-refractivity contribution in [1.29, 1.82) is 0 Å². The normalized spacial score (nSPS) is 15.2. The third kappa shape index (κ3) is 4.19. The van der Waals surface area contributed by atoms with Crippen molar-refractivity contribution in [2.24, 2.45) is 0 Å². The number of hydrogen-bond acceptors (Lipinski definition) is 6. The van der Waals surface area contributed by atoms with Crippen LogP contribution in [0, 0.1) is 6.92 Å². The molecule has 2 heterocycles. The summed E-state index contributed by atoms with van der Waals surface area (Å²) in [6.45, 7) is 2.15. The fourth-order valence-electron chi connectivity index (χ4n) is 3.57. The Morgan fingerprint density at radius 3 is 2.29 bits per heavy atom. The van der Waals surface area contributed by atoms with E-state index >= 15 is 0 Å². The van der Waals surface area contributed by atoms with Gasteiger partial charge in [0.15, 0.2) is 6.61 Å². The summed E-state index contributed by atoms with van der Waals surface area (Å²) in [5.74, 6) is -1.00. The van der Waals surface area contributed by atoms with Crippen molar-refractivity contribution in [3.8, 4) is 0 Å². The average molecular weight is 442 g/mol. The fourth-order valence-corrected chi connectivity index (χ4v) is 5.02. The molecule has 0 bridgehead atoms. The van der Waals surface area contributed by atoms with E-state index < -0.39 is 22.6 Å². The molecule has 162 valence electrons. The molecule has 3 aromatic rings. The molecule has 4 rings (SSSR count). The second-order valence-electron chi connectivity index (χ2n) is 7.23. The minimum Gasteiger partial charge on any atom is -0.450 e. The molecule has 1 amide bonds. The monoisotopic (exact) mass is 442 g/mol. The van der Waals surface area contributed by atoms with Crippen molar-refractivity contribution < 1.29 is 27.2 Å². The Morgan fingerprint density at radius 2 is 1.61 bits per heavy atom. The van der Waals surface area contributed by atoms with Crippen LogP contribution in [0.1, 0.15) is 16.1 Å². The Balaban J connectivity index is 1.33. The van der Waals surface area contributed by atoms with Gasteiger partial charge in [-0.3, -0.25) is 4.79 Å². The maximum absolute atomic E-state index is 12.7. The van der Waals surface area contributed by atoms with Gasteiger partial charge >= 0.3 is 5.97 Å². The Bertz CT molecular complexity index is 1210. The number of esters is 1. The first-order valence-electron chi connectivity index (χ1n) is 9.86. The van der Waals surface area contributed by atoms with Crippen molar-refractivity contribution in [3.63, 3.8) is 0 Å². The van der Waals surface area contributed by atoms with Gasteiger partial charge in [-0.25, -0.2) is 13.2 Å². The van der Waals surface area contributed by atoms with Crippen LogP contribution in [0.25, 0.3) is 11.0 Å². The lowest BCUT2D eigenvalue weighted by molar-refractivity contribution is -0.135. The van der Waals surface area contributed by atoms with Crippen LogP contribution in [0.15, 0.2) is 63.9 Å². The number of aryl methyl sites for hydroxylation is 1. The van der Waals surface area contributed by atoms with Gasteiger partial charge in [0.2, 0.25) is 15.8 Å². The number of sulfonamides is 1. The van der Waals surface area contributed by atoms with E-state index in [0.717, 1.165) is 5.39 Å². The van der Waals surface area contributed by atoms with Crippen LogP contribution in [0.4, 0.5) is 0 Å². The van der Waals surface area contributed by atoms with Gasteiger partial charge in [-0.15, -0.1) is 0 Å². The van der Waals surface area contributed by atoms with Gasteiger partial charge in [-0.1, -0.05) is 36.4 Å². The lowest BCUT2D eigenvalue weighted by Crippen LogP contribution is -2.51. The summed E-state index contributed by atoms with van der Waals surface area (Å²) in [6, 6.07) is 15.5. The van der Waals surface area contributed by atoms with Crippen molar-refractivity contribution in [2.75, 3.05) is 32.8 Å². The number of amides is 1. The van der Waals surface area contributed by atoms with Crippen LogP contribution in [-0.2, 0) is 19.6 Å². The summed E-state index contributed by atoms with van der Waals surface area (Å²) in [7, 11) is -3.59. The van der Waals surface area contributed by atoms with E-state index in [1.165, 1.54) is 9.21 Å². The van der Waals surface area contributed by atoms with Gasteiger partial charge in [0.05, 0.1) is 4.90 Å². The van der Waals surface area contributed by atoms with Crippen LogP contribution in [0.5, 0.6) is 0 Å². The molecular formula is C22H22N2O6S. The van der Waals surface area contributed by atoms with E-state index in [0.29, 0.717) is 11.1 Å². The minimum absolute atomic E-state index is 0.0766. The van der Waals surface area contributed by atoms with E-state index in [1.807, 2.05) is 18.2 Å². The Hall–Kier alpha value is -3.17. The second-order valence-corrected chi connectivity index (χ2v) is 9.16. The molecule has 31 heavy (non-hydrogen) atoms. The van der Waals surface area contributed by atoms with Gasteiger partial charge in [-0.05, 0) is 25.1 Å². The number of nitrogens with zero attached hydrogens (tertiary/aromatic N) is 2. The number of ether oxygens (including phenoxy) is 1. The molecule has 1 fully saturated rings. The highest BCUT2D eigenvalue weighted by atomic mass is 32.2. The van der Waals surface area contributed by atoms with E-state index in [4.69, 9.17) is 9.15 Å². The molecule has 0 unspecified atom stereocenters. The van der Waals surface area contributed by atoms with Crippen LogP contribution >= 0.6 is 0 Å². The maximum Gasteiger partial charge on any atom is 0.375 e. The molecule has 0 radical (unpaired) electrons. The summed E-state index contributed by atoms with van der Waals surface area (Å²) in [5, 5.41) is 0.816. The van der Waals surface area contributed by atoms with Crippen LogP contribution < -0.4 is 0 Å². The minimum atomic E-state index is -3.59. The van der Waals surface area contributed by atoms with E-state index in [1.54, 1.807) is 43.3 Å². The molecule has 9 heteroatoms. The molecule has 1 aliphatic rings. The topological polar surface area (TPSA) is 97.1 Å². The predicted molar refractivity (Wildman–Crippen MR) is 113 cm³/mol. The summed E-state index contributed by atoms with van der Waals surface area (Å²) in [4.78, 5) is 26.6. The molecule has 0 saturated carbocycles. The number of rotatable bonds is 5. The summed E-state index contributed by atoms with van der Waals surface area (Å²) in [6.07, 6.45) is 0. The van der Waals surface area contributed by atoms with Crippen LogP contribution in [0.2, 0.25) is 0 Å². The smallest absolute Gasteiger partial charge is 0.375 e. The standard InChI is InChI=1S/C22H22N2O6S/c1-16-18-9-5-6-10-19(18)30-21(16)22(26)29-15-20(25)23-11-13-24(14-12-23)31(27,28)17-7-3-2-4-8-17/h2-10H,11-15H2,1H3. The van der Waals surface area contributed by atoms with Gasteiger partial charge in [0.1, 0.15) is 5.58 Å². The Kier molecular flexibility index (Phi) is 5.79. The lowest BCUT2D eigenvalue weighted by atomic mass is 10.1. The predicted octanol–water partition coefficient (Wildman–Crippen LogP) is 2.43. The number of carbonyl (C=O) groups is 2. The van der Waals surface area contributed by atoms with Crippen LogP contribution in [-0.4, -0.2) is 62.3 Å². The SMILES string of the molecule is Cc1c(C(=O)OCC(=O)N2CCN(S(=O)(=O)c3ccccc3)CC2)oc2ccccc12. The van der Waals surface area contributed by atoms with Crippen molar-refractivity contribution in [1.82, 2.24) is 9.21 Å². The first-order valence-corrected chi connectivity index (χ1v) is 11.3. The lowest BCUT2D eigenvalue weighted by Gasteiger charge is -2.33. The summed E-state index contributed by atoms with van der Waals surface area (Å²) < 4.78 is 37.4.